The van der Waals surface area contributed by atoms with Crippen LogP contribution in [0.1, 0.15) is 12.0 Å². The lowest BCUT2D eigenvalue weighted by Crippen LogP contribution is -2.59. The standard InChI is InChI=1S/C14H18N2O/c1-2-8-14(17)12-16(10-9-15-14)11-13-6-4-3-5-7-13/h1,3-7,15,17H,8-12H2/t14-/m0/s1. The Morgan fingerprint density at radius 3 is 2.88 bits per heavy atom. The third kappa shape index (κ3) is 3.31. The van der Waals surface area contributed by atoms with Gasteiger partial charge in [-0.05, 0) is 5.56 Å². The highest BCUT2D eigenvalue weighted by molar-refractivity contribution is 5.14. The summed E-state index contributed by atoms with van der Waals surface area (Å²) in [5.41, 5.74) is 0.333. The second-order valence-corrected chi connectivity index (χ2v) is 4.54. The molecule has 0 spiro atoms. The largest absolute Gasteiger partial charge is 0.373 e. The van der Waals surface area contributed by atoms with Crippen molar-refractivity contribution in [2.24, 2.45) is 0 Å². The Hall–Kier alpha value is -1.34. The molecule has 1 aliphatic rings. The number of benzene rings is 1. The van der Waals surface area contributed by atoms with Crippen molar-refractivity contribution >= 4 is 0 Å². The molecule has 1 heterocycles. The van der Waals surface area contributed by atoms with Crippen LogP contribution in [0.5, 0.6) is 0 Å². The van der Waals surface area contributed by atoms with E-state index in [0.717, 1.165) is 19.6 Å². The quantitative estimate of drug-likeness (QED) is 0.754. The highest BCUT2D eigenvalue weighted by atomic mass is 16.3. The fourth-order valence-corrected chi connectivity index (χ4v) is 2.22. The first-order valence-corrected chi connectivity index (χ1v) is 5.89. The van der Waals surface area contributed by atoms with Gasteiger partial charge in [0.2, 0.25) is 0 Å². The number of aliphatic hydroxyl groups is 1. The van der Waals surface area contributed by atoms with Gasteiger partial charge in [0.25, 0.3) is 0 Å². The van der Waals surface area contributed by atoms with Gasteiger partial charge in [-0.2, -0.15) is 0 Å². The molecule has 1 aliphatic heterocycles. The lowest BCUT2D eigenvalue weighted by molar-refractivity contribution is -0.0477. The van der Waals surface area contributed by atoms with Crippen LogP contribution in [0.2, 0.25) is 0 Å². The zero-order chi connectivity index (χ0) is 12.1. The molecule has 1 atom stereocenters. The van der Waals surface area contributed by atoms with Crippen LogP contribution < -0.4 is 5.32 Å². The van der Waals surface area contributed by atoms with Gasteiger partial charge >= 0.3 is 0 Å². The Morgan fingerprint density at radius 2 is 2.18 bits per heavy atom. The highest BCUT2D eigenvalue weighted by Crippen LogP contribution is 2.15. The van der Waals surface area contributed by atoms with E-state index in [2.05, 4.69) is 28.3 Å². The van der Waals surface area contributed by atoms with Crippen LogP contribution in [0.15, 0.2) is 30.3 Å². The predicted molar refractivity (Wildman–Crippen MR) is 68.1 cm³/mol. The van der Waals surface area contributed by atoms with E-state index in [1.807, 2.05) is 18.2 Å². The molecule has 3 nitrogen and oxygen atoms in total. The third-order valence-corrected chi connectivity index (χ3v) is 3.01. The Morgan fingerprint density at radius 1 is 1.41 bits per heavy atom. The molecule has 17 heavy (non-hydrogen) atoms. The van der Waals surface area contributed by atoms with Gasteiger partial charge in [-0.15, -0.1) is 12.3 Å². The van der Waals surface area contributed by atoms with Crippen molar-refractivity contribution in [2.75, 3.05) is 19.6 Å². The number of rotatable bonds is 3. The molecule has 2 N–H and O–H groups in total. The van der Waals surface area contributed by atoms with Crippen LogP contribution in [-0.4, -0.2) is 35.4 Å². The van der Waals surface area contributed by atoms with Gasteiger partial charge in [-0.25, -0.2) is 0 Å². The van der Waals surface area contributed by atoms with E-state index in [1.165, 1.54) is 5.56 Å². The van der Waals surface area contributed by atoms with E-state index in [9.17, 15) is 5.11 Å². The van der Waals surface area contributed by atoms with Crippen LogP contribution >= 0.6 is 0 Å². The normalized spacial score (nSPS) is 25.4. The number of hydrogen-bond acceptors (Lipinski definition) is 3. The Kier molecular flexibility index (Phi) is 3.80. The molecule has 90 valence electrons. The molecular formula is C14H18N2O. The van der Waals surface area contributed by atoms with E-state index in [0.29, 0.717) is 13.0 Å². The van der Waals surface area contributed by atoms with Crippen LogP contribution in [-0.2, 0) is 6.54 Å². The number of hydrogen-bond donors (Lipinski definition) is 2. The predicted octanol–water partition coefficient (Wildman–Crippen LogP) is 0.804. The molecule has 2 rings (SSSR count). The average molecular weight is 230 g/mol. The molecule has 3 heteroatoms. The van der Waals surface area contributed by atoms with Crippen molar-refractivity contribution in [1.29, 1.82) is 0 Å². The van der Waals surface area contributed by atoms with E-state index < -0.39 is 5.72 Å². The minimum Gasteiger partial charge on any atom is -0.373 e. The maximum absolute atomic E-state index is 10.2. The number of nitrogens with zero attached hydrogens (tertiary/aromatic N) is 1. The molecule has 1 aromatic carbocycles. The molecule has 0 bridgehead atoms. The van der Waals surface area contributed by atoms with Crippen LogP contribution in [0.25, 0.3) is 0 Å². The number of β-amino-alcohol motifs (C(OH)–C–C–N with tert-alkyl or cyclic N) is 1. The van der Waals surface area contributed by atoms with E-state index in [1.54, 1.807) is 0 Å². The Bertz CT molecular complexity index is 398. The van der Waals surface area contributed by atoms with E-state index in [-0.39, 0.29) is 0 Å². The number of nitrogens with one attached hydrogen (secondary N) is 1. The first kappa shape index (κ1) is 12.1. The molecule has 0 radical (unpaired) electrons. The summed E-state index contributed by atoms with van der Waals surface area (Å²) in [6.07, 6.45) is 5.62. The Labute approximate surface area is 102 Å². The summed E-state index contributed by atoms with van der Waals surface area (Å²) in [6, 6.07) is 10.3. The SMILES string of the molecule is C#CC[C@]1(O)CN(Cc2ccccc2)CCN1. The zero-order valence-electron chi connectivity index (χ0n) is 9.89. The lowest BCUT2D eigenvalue weighted by atomic mass is 10.1. The zero-order valence-corrected chi connectivity index (χ0v) is 9.89. The summed E-state index contributed by atoms with van der Waals surface area (Å²) in [5.74, 6) is 2.52. The molecule has 1 saturated heterocycles. The maximum atomic E-state index is 10.2. The first-order valence-electron chi connectivity index (χ1n) is 5.89. The fourth-order valence-electron chi connectivity index (χ4n) is 2.22. The van der Waals surface area contributed by atoms with Crippen molar-refractivity contribution in [3.63, 3.8) is 0 Å². The van der Waals surface area contributed by atoms with Crippen LogP contribution in [0, 0.1) is 12.3 Å². The molecule has 1 fully saturated rings. The minimum atomic E-state index is -0.929. The summed E-state index contributed by atoms with van der Waals surface area (Å²) in [7, 11) is 0. The van der Waals surface area contributed by atoms with Gasteiger partial charge in [0.1, 0.15) is 5.72 Å². The summed E-state index contributed by atoms with van der Waals surface area (Å²) in [4.78, 5) is 2.23. The molecule has 0 aliphatic carbocycles. The second kappa shape index (κ2) is 5.33. The number of piperazine rings is 1. The van der Waals surface area contributed by atoms with Crippen molar-refractivity contribution in [2.45, 2.75) is 18.7 Å². The van der Waals surface area contributed by atoms with Gasteiger partial charge in [0, 0.05) is 26.2 Å². The lowest BCUT2D eigenvalue weighted by Gasteiger charge is -2.39. The summed E-state index contributed by atoms with van der Waals surface area (Å²) >= 11 is 0. The number of terminal acetylenes is 1. The topological polar surface area (TPSA) is 35.5 Å². The molecular weight excluding hydrogens is 212 g/mol. The third-order valence-electron chi connectivity index (χ3n) is 3.01. The van der Waals surface area contributed by atoms with Crippen LogP contribution in [0.3, 0.4) is 0 Å². The van der Waals surface area contributed by atoms with Gasteiger partial charge in [0.15, 0.2) is 0 Å². The summed E-state index contributed by atoms with van der Waals surface area (Å²) in [6.45, 7) is 3.13. The second-order valence-electron chi connectivity index (χ2n) is 4.54. The summed E-state index contributed by atoms with van der Waals surface area (Å²) in [5, 5.41) is 13.3. The maximum Gasteiger partial charge on any atom is 0.139 e. The van der Waals surface area contributed by atoms with Gasteiger partial charge in [-0.3, -0.25) is 10.2 Å². The molecule has 0 unspecified atom stereocenters. The van der Waals surface area contributed by atoms with E-state index in [4.69, 9.17) is 6.42 Å². The van der Waals surface area contributed by atoms with Crippen molar-refractivity contribution in [1.82, 2.24) is 10.2 Å². The van der Waals surface area contributed by atoms with Crippen molar-refractivity contribution in [3.8, 4) is 12.3 Å². The molecule has 0 amide bonds. The fraction of sp³-hybridized carbons (Fsp3) is 0.429. The molecule has 1 aromatic rings. The van der Waals surface area contributed by atoms with Gasteiger partial charge < -0.3 is 5.11 Å². The van der Waals surface area contributed by atoms with Crippen LogP contribution in [0.4, 0.5) is 0 Å². The van der Waals surface area contributed by atoms with Crippen molar-refractivity contribution in [3.05, 3.63) is 35.9 Å². The smallest absolute Gasteiger partial charge is 0.139 e. The van der Waals surface area contributed by atoms with Crippen molar-refractivity contribution < 1.29 is 5.11 Å². The van der Waals surface area contributed by atoms with Gasteiger partial charge in [0.05, 0.1) is 6.42 Å². The minimum absolute atomic E-state index is 0.346. The molecule has 0 saturated carbocycles. The monoisotopic (exact) mass is 230 g/mol. The van der Waals surface area contributed by atoms with E-state index >= 15 is 0 Å². The first-order chi connectivity index (χ1) is 8.22. The highest BCUT2D eigenvalue weighted by Gasteiger charge is 2.31. The van der Waals surface area contributed by atoms with Gasteiger partial charge in [-0.1, -0.05) is 30.3 Å². The summed E-state index contributed by atoms with van der Waals surface area (Å²) < 4.78 is 0. The average Bonchev–Trinajstić information content (AvgIpc) is 2.30. The Balaban J connectivity index is 1.97. The molecule has 0 aromatic heterocycles.